The van der Waals surface area contributed by atoms with Gasteiger partial charge in [-0.15, -0.1) is 0 Å². The van der Waals surface area contributed by atoms with E-state index in [2.05, 4.69) is 15.3 Å². The molecule has 2 heterocycles. The highest BCUT2D eigenvalue weighted by Gasteiger charge is 2.31. The van der Waals surface area contributed by atoms with Crippen molar-refractivity contribution in [3.05, 3.63) is 46.7 Å². The number of pyridine rings is 2. The number of nitrogens with zero attached hydrogens (tertiary/aromatic N) is 2. The molecule has 1 N–H and O–H groups in total. The molecule has 0 aliphatic heterocycles. The molecule has 0 spiro atoms. The lowest BCUT2D eigenvalue weighted by atomic mass is 10.1. The second-order valence-corrected chi connectivity index (χ2v) is 6.86. The number of hydrogen-bond donors (Lipinski definition) is 1. The van der Waals surface area contributed by atoms with Crippen LogP contribution in [0.3, 0.4) is 0 Å². The van der Waals surface area contributed by atoms with Crippen molar-refractivity contribution in [1.29, 1.82) is 0 Å². The van der Waals surface area contributed by atoms with Gasteiger partial charge in [0.05, 0.1) is 12.2 Å². The molecule has 1 amide bonds. The summed E-state index contributed by atoms with van der Waals surface area (Å²) >= 11 is 5.76. The van der Waals surface area contributed by atoms with Crippen LogP contribution in [0, 0.1) is 5.92 Å². The fraction of sp³-hybridized carbons (Fsp3) is 0.368. The number of ketones is 1. The van der Waals surface area contributed by atoms with E-state index in [1.807, 2.05) is 0 Å². The van der Waals surface area contributed by atoms with Crippen LogP contribution in [-0.4, -0.2) is 28.3 Å². The number of aromatic nitrogens is 2. The summed E-state index contributed by atoms with van der Waals surface area (Å²) in [5.74, 6) is -0.473. The first-order valence-electron chi connectivity index (χ1n) is 8.73. The Morgan fingerprint density at radius 3 is 2.59 bits per heavy atom. The number of amides is 1. The largest absolute Gasteiger partial charge is 0.477 e. The Balaban J connectivity index is 1.87. The van der Waals surface area contributed by atoms with Crippen LogP contribution in [0.4, 0.5) is 19.0 Å². The number of alkyl halides is 3. The molecule has 0 aromatic carbocycles. The van der Waals surface area contributed by atoms with Crippen LogP contribution in [0.25, 0.3) is 0 Å². The van der Waals surface area contributed by atoms with Crippen LogP contribution in [0.5, 0.6) is 5.88 Å². The monoisotopic (exact) mass is 429 g/mol. The van der Waals surface area contributed by atoms with Gasteiger partial charge in [-0.3, -0.25) is 9.59 Å². The van der Waals surface area contributed by atoms with E-state index < -0.39 is 11.7 Å². The Morgan fingerprint density at radius 2 is 1.97 bits per heavy atom. The third kappa shape index (κ3) is 6.70. The standard InChI is InChI=1S/C19H19ClF3N3O3/c1-11(2)17(28)26-16-8-12(5-6-24-16)15(27)4-3-7-29-18-14(20)9-13(10-25-18)19(21,22)23/h5-6,8-11H,3-4,7H2,1-2H3,(H,24,26,28). The highest BCUT2D eigenvalue weighted by molar-refractivity contribution is 6.31. The number of carbonyl (C=O) groups is 2. The molecule has 0 atom stereocenters. The second kappa shape index (κ2) is 9.69. The summed E-state index contributed by atoms with van der Waals surface area (Å²) in [6.07, 6.45) is -2.06. The van der Waals surface area contributed by atoms with E-state index >= 15 is 0 Å². The van der Waals surface area contributed by atoms with Crippen LogP contribution < -0.4 is 10.1 Å². The van der Waals surface area contributed by atoms with Crippen molar-refractivity contribution in [2.24, 2.45) is 5.92 Å². The van der Waals surface area contributed by atoms with E-state index in [0.717, 1.165) is 6.07 Å². The molecule has 0 unspecified atom stereocenters. The van der Waals surface area contributed by atoms with Crippen LogP contribution in [-0.2, 0) is 11.0 Å². The van der Waals surface area contributed by atoms with Crippen molar-refractivity contribution in [1.82, 2.24) is 9.97 Å². The number of carbonyl (C=O) groups excluding carboxylic acids is 2. The molecule has 0 aliphatic carbocycles. The molecular formula is C19H19ClF3N3O3. The number of nitrogens with one attached hydrogen (secondary N) is 1. The maximum atomic E-state index is 12.6. The molecule has 0 saturated heterocycles. The van der Waals surface area contributed by atoms with Crippen LogP contribution in [0.1, 0.15) is 42.6 Å². The quantitative estimate of drug-likeness (QED) is 0.482. The lowest BCUT2D eigenvalue weighted by Crippen LogP contribution is -2.18. The number of halogens is 4. The van der Waals surface area contributed by atoms with Gasteiger partial charge in [0.1, 0.15) is 10.8 Å². The maximum absolute atomic E-state index is 12.6. The Kier molecular flexibility index (Phi) is 7.55. The van der Waals surface area contributed by atoms with Crippen molar-refractivity contribution in [2.75, 3.05) is 11.9 Å². The normalized spacial score (nSPS) is 11.4. The first-order valence-corrected chi connectivity index (χ1v) is 9.11. The minimum atomic E-state index is -4.54. The fourth-order valence-electron chi connectivity index (χ4n) is 2.18. The molecule has 2 rings (SSSR count). The highest BCUT2D eigenvalue weighted by Crippen LogP contribution is 2.33. The summed E-state index contributed by atoms with van der Waals surface area (Å²) in [6, 6.07) is 3.75. The van der Waals surface area contributed by atoms with Crippen molar-refractivity contribution in [3.63, 3.8) is 0 Å². The summed E-state index contributed by atoms with van der Waals surface area (Å²) in [5.41, 5.74) is -0.590. The molecule has 29 heavy (non-hydrogen) atoms. The Labute approximate surface area is 170 Å². The van der Waals surface area contributed by atoms with Crippen molar-refractivity contribution in [2.45, 2.75) is 32.9 Å². The smallest absolute Gasteiger partial charge is 0.417 e. The van der Waals surface area contributed by atoms with Gasteiger partial charge in [0.15, 0.2) is 5.78 Å². The Morgan fingerprint density at radius 1 is 1.24 bits per heavy atom. The number of anilines is 1. The van der Waals surface area contributed by atoms with Gasteiger partial charge in [-0.1, -0.05) is 25.4 Å². The average molecular weight is 430 g/mol. The van der Waals surface area contributed by atoms with E-state index in [1.165, 1.54) is 18.3 Å². The van der Waals surface area contributed by atoms with Crippen molar-refractivity contribution in [3.8, 4) is 5.88 Å². The second-order valence-electron chi connectivity index (χ2n) is 6.46. The topological polar surface area (TPSA) is 81.2 Å². The maximum Gasteiger partial charge on any atom is 0.417 e. The van der Waals surface area contributed by atoms with E-state index in [0.29, 0.717) is 18.2 Å². The van der Waals surface area contributed by atoms with Crippen LogP contribution >= 0.6 is 11.6 Å². The van der Waals surface area contributed by atoms with Gasteiger partial charge < -0.3 is 10.1 Å². The summed E-state index contributed by atoms with van der Waals surface area (Å²) < 4.78 is 43.0. The van der Waals surface area contributed by atoms with Gasteiger partial charge in [0, 0.05) is 30.3 Å². The van der Waals surface area contributed by atoms with E-state index in [1.54, 1.807) is 13.8 Å². The zero-order valence-electron chi connectivity index (χ0n) is 15.7. The molecule has 156 valence electrons. The average Bonchev–Trinajstić information content (AvgIpc) is 2.65. The predicted octanol–water partition coefficient (Wildman–Crippen LogP) is 4.79. The molecule has 0 aliphatic rings. The van der Waals surface area contributed by atoms with Gasteiger partial charge in [-0.05, 0) is 24.6 Å². The number of rotatable bonds is 8. The van der Waals surface area contributed by atoms with Crippen molar-refractivity contribution >= 4 is 29.1 Å². The first-order chi connectivity index (χ1) is 13.6. The molecule has 0 fully saturated rings. The number of ether oxygens (including phenoxy) is 1. The summed E-state index contributed by atoms with van der Waals surface area (Å²) in [7, 11) is 0. The summed E-state index contributed by atoms with van der Waals surface area (Å²) in [5, 5.41) is 2.36. The third-order valence-electron chi connectivity index (χ3n) is 3.78. The highest BCUT2D eigenvalue weighted by atomic mass is 35.5. The molecule has 0 radical (unpaired) electrons. The first kappa shape index (κ1) is 22.6. The van der Waals surface area contributed by atoms with Crippen molar-refractivity contribution < 1.29 is 27.5 Å². The molecule has 2 aromatic heterocycles. The molecule has 10 heteroatoms. The lowest BCUT2D eigenvalue weighted by Gasteiger charge is -2.10. The SMILES string of the molecule is CC(C)C(=O)Nc1cc(C(=O)CCCOc2ncc(C(F)(F)F)cc2Cl)ccn1. The molecular weight excluding hydrogens is 411 g/mol. The zero-order chi connectivity index (χ0) is 21.6. The Bertz CT molecular complexity index is 888. The Hall–Kier alpha value is -2.68. The molecule has 0 bridgehead atoms. The predicted molar refractivity (Wildman–Crippen MR) is 101 cm³/mol. The van der Waals surface area contributed by atoms with E-state index in [9.17, 15) is 22.8 Å². The van der Waals surface area contributed by atoms with Gasteiger partial charge >= 0.3 is 6.18 Å². The summed E-state index contributed by atoms with van der Waals surface area (Å²) in [4.78, 5) is 31.6. The molecule has 2 aromatic rings. The van der Waals surface area contributed by atoms with E-state index in [4.69, 9.17) is 16.3 Å². The van der Waals surface area contributed by atoms with Crippen LogP contribution in [0.15, 0.2) is 30.6 Å². The van der Waals surface area contributed by atoms with Gasteiger partial charge in [-0.25, -0.2) is 9.97 Å². The third-order valence-corrected chi connectivity index (χ3v) is 4.05. The lowest BCUT2D eigenvalue weighted by molar-refractivity contribution is -0.137. The van der Waals surface area contributed by atoms with Gasteiger partial charge in [0.25, 0.3) is 0 Å². The minimum Gasteiger partial charge on any atom is -0.477 e. The van der Waals surface area contributed by atoms with E-state index in [-0.39, 0.29) is 47.4 Å². The summed E-state index contributed by atoms with van der Waals surface area (Å²) in [6.45, 7) is 3.52. The minimum absolute atomic E-state index is 0.0475. The fourth-order valence-corrected chi connectivity index (χ4v) is 2.40. The zero-order valence-corrected chi connectivity index (χ0v) is 16.5. The number of Topliss-reactive ketones (excluding diaryl/α,β-unsaturated/α-hetero) is 1. The van der Waals surface area contributed by atoms with Gasteiger partial charge in [0.2, 0.25) is 11.8 Å². The number of hydrogen-bond acceptors (Lipinski definition) is 5. The van der Waals surface area contributed by atoms with Crippen LogP contribution in [0.2, 0.25) is 5.02 Å². The van der Waals surface area contributed by atoms with Gasteiger partial charge in [-0.2, -0.15) is 13.2 Å². The molecule has 0 saturated carbocycles. The molecule has 6 nitrogen and oxygen atoms in total.